The maximum atomic E-state index is 13.1. The van der Waals surface area contributed by atoms with Gasteiger partial charge < -0.3 is 0 Å². The number of benzene rings is 1. The smallest absolute Gasteiger partial charge is 0.245 e. The number of rotatable bonds is 4. The molecule has 1 heterocycles. The van der Waals surface area contributed by atoms with E-state index in [4.69, 9.17) is 0 Å². The summed E-state index contributed by atoms with van der Waals surface area (Å²) in [5.41, 5.74) is 3.22. The van der Waals surface area contributed by atoms with Crippen molar-refractivity contribution in [2.75, 3.05) is 0 Å². The average molecular weight is 294 g/mol. The van der Waals surface area contributed by atoms with Gasteiger partial charge in [-0.15, -0.1) is 11.3 Å². The molecule has 3 nitrogen and oxygen atoms in total. The third kappa shape index (κ3) is 3.71. The first-order chi connectivity index (χ1) is 9.56. The highest BCUT2D eigenvalue weighted by Gasteiger charge is 2.06. The van der Waals surface area contributed by atoms with Crippen LogP contribution >= 0.6 is 11.3 Å². The van der Waals surface area contributed by atoms with Gasteiger partial charge in [0.15, 0.2) is 11.6 Å². The Morgan fingerprint density at radius 3 is 2.75 bits per heavy atom. The number of nitrogens with one attached hydrogen (secondary N) is 1. The summed E-state index contributed by atoms with van der Waals surface area (Å²) in [5, 5.41) is 5.77. The van der Waals surface area contributed by atoms with Crippen LogP contribution < -0.4 is 5.43 Å². The summed E-state index contributed by atoms with van der Waals surface area (Å²) in [6, 6.07) is 7.19. The van der Waals surface area contributed by atoms with E-state index in [0.29, 0.717) is 11.3 Å². The summed E-state index contributed by atoms with van der Waals surface area (Å²) in [4.78, 5) is 12.6. The van der Waals surface area contributed by atoms with Crippen molar-refractivity contribution in [3.8, 4) is 0 Å². The Morgan fingerprint density at radius 1 is 1.30 bits per heavy atom. The van der Waals surface area contributed by atoms with E-state index in [1.54, 1.807) is 6.92 Å². The van der Waals surface area contributed by atoms with Crippen molar-refractivity contribution >= 4 is 23.0 Å². The van der Waals surface area contributed by atoms with Crippen molar-refractivity contribution in [2.24, 2.45) is 5.10 Å². The molecular weight excluding hydrogens is 282 g/mol. The summed E-state index contributed by atoms with van der Waals surface area (Å²) >= 11 is 1.48. The number of halogens is 2. The van der Waals surface area contributed by atoms with Gasteiger partial charge in [-0.2, -0.15) is 5.10 Å². The Bertz CT molecular complexity index is 639. The Morgan fingerprint density at radius 2 is 2.10 bits per heavy atom. The van der Waals surface area contributed by atoms with Gasteiger partial charge in [0.25, 0.3) is 0 Å². The maximum Gasteiger partial charge on any atom is 0.245 e. The van der Waals surface area contributed by atoms with E-state index in [0.717, 1.165) is 17.0 Å². The van der Waals surface area contributed by atoms with E-state index < -0.39 is 11.6 Å². The highest BCUT2D eigenvalue weighted by atomic mass is 32.1. The second kappa shape index (κ2) is 6.38. The van der Waals surface area contributed by atoms with Crippen LogP contribution in [0.1, 0.15) is 17.4 Å². The Labute approximate surface area is 118 Å². The van der Waals surface area contributed by atoms with Crippen LogP contribution in [-0.2, 0) is 11.2 Å². The van der Waals surface area contributed by atoms with Crippen molar-refractivity contribution < 1.29 is 13.6 Å². The molecule has 104 valence electrons. The number of carbonyl (C=O) groups is 1. The Hall–Kier alpha value is -2.08. The van der Waals surface area contributed by atoms with E-state index >= 15 is 0 Å². The minimum Gasteiger partial charge on any atom is -0.273 e. The molecule has 20 heavy (non-hydrogen) atoms. The second-order valence-corrected chi connectivity index (χ2v) is 5.15. The van der Waals surface area contributed by atoms with Crippen molar-refractivity contribution in [1.29, 1.82) is 0 Å². The number of carbonyl (C=O) groups excluding carboxylic acids is 1. The van der Waals surface area contributed by atoms with Gasteiger partial charge in [0.05, 0.1) is 12.1 Å². The normalized spacial score (nSPS) is 11.4. The van der Waals surface area contributed by atoms with E-state index in [2.05, 4.69) is 10.5 Å². The molecule has 1 N–H and O–H groups in total. The fourth-order valence-corrected chi connectivity index (χ4v) is 2.25. The molecule has 2 aromatic rings. The van der Waals surface area contributed by atoms with Gasteiger partial charge in [0, 0.05) is 10.4 Å². The van der Waals surface area contributed by atoms with Gasteiger partial charge in [-0.1, -0.05) is 6.07 Å². The van der Waals surface area contributed by atoms with Gasteiger partial charge in [0.2, 0.25) is 5.91 Å². The minimum absolute atomic E-state index is 0.242. The molecule has 0 radical (unpaired) electrons. The van der Waals surface area contributed by atoms with Crippen LogP contribution in [0.2, 0.25) is 0 Å². The first-order valence-electron chi connectivity index (χ1n) is 5.87. The monoisotopic (exact) mass is 294 g/mol. The zero-order chi connectivity index (χ0) is 14.5. The van der Waals surface area contributed by atoms with Crippen LogP contribution in [0.15, 0.2) is 40.8 Å². The zero-order valence-corrected chi connectivity index (χ0v) is 11.5. The molecule has 0 aliphatic carbocycles. The van der Waals surface area contributed by atoms with Crippen LogP contribution in [0.4, 0.5) is 8.78 Å². The molecule has 0 bridgehead atoms. The molecule has 0 aliphatic rings. The molecule has 1 aromatic heterocycles. The molecule has 0 unspecified atom stereocenters. The summed E-state index contributed by atoms with van der Waals surface area (Å²) < 4.78 is 25.9. The van der Waals surface area contributed by atoms with Crippen LogP contribution in [0.5, 0.6) is 0 Å². The van der Waals surface area contributed by atoms with Gasteiger partial charge >= 0.3 is 0 Å². The molecule has 0 spiro atoms. The standard InChI is InChI=1S/C14H12F2N2OS/c1-9(10-4-5-12(15)13(16)7-10)17-18-14(19)8-11-3-2-6-20-11/h2-7H,8H2,1H3,(H,18,19)/b17-9+. The molecule has 0 aliphatic heterocycles. The number of nitrogens with zero attached hydrogens (tertiary/aromatic N) is 1. The minimum atomic E-state index is -0.943. The number of hydrogen-bond acceptors (Lipinski definition) is 3. The van der Waals surface area contributed by atoms with E-state index in [1.165, 1.54) is 17.4 Å². The van der Waals surface area contributed by atoms with Gasteiger partial charge in [-0.3, -0.25) is 4.79 Å². The number of thiophene rings is 1. The fraction of sp³-hybridized carbons (Fsp3) is 0.143. The molecule has 1 aromatic carbocycles. The molecule has 0 atom stereocenters. The molecule has 0 saturated carbocycles. The molecule has 1 amide bonds. The predicted octanol–water partition coefficient (Wildman–Crippen LogP) is 3.11. The summed E-state index contributed by atoms with van der Waals surface area (Å²) in [7, 11) is 0. The highest BCUT2D eigenvalue weighted by molar-refractivity contribution is 7.10. The fourth-order valence-electron chi connectivity index (χ4n) is 1.54. The number of hydrazone groups is 1. The Balaban J connectivity index is 1.99. The van der Waals surface area contributed by atoms with E-state index in [-0.39, 0.29) is 12.3 Å². The Kier molecular flexibility index (Phi) is 4.57. The first-order valence-corrected chi connectivity index (χ1v) is 6.75. The van der Waals surface area contributed by atoms with Crippen molar-refractivity contribution in [3.63, 3.8) is 0 Å². The van der Waals surface area contributed by atoms with Crippen LogP contribution in [-0.4, -0.2) is 11.6 Å². The third-order valence-corrected chi connectivity index (χ3v) is 3.48. The van der Waals surface area contributed by atoms with Crippen LogP contribution in [0.25, 0.3) is 0 Å². The van der Waals surface area contributed by atoms with Gasteiger partial charge in [0.1, 0.15) is 0 Å². The van der Waals surface area contributed by atoms with Crippen molar-refractivity contribution in [3.05, 3.63) is 57.8 Å². The number of amides is 1. The lowest BCUT2D eigenvalue weighted by Crippen LogP contribution is -2.20. The summed E-state index contributed by atoms with van der Waals surface area (Å²) in [6.07, 6.45) is 0.242. The maximum absolute atomic E-state index is 13.1. The largest absolute Gasteiger partial charge is 0.273 e. The molecule has 0 saturated heterocycles. The summed E-state index contributed by atoms with van der Waals surface area (Å²) in [6.45, 7) is 1.61. The lowest BCUT2D eigenvalue weighted by molar-refractivity contribution is -0.120. The van der Waals surface area contributed by atoms with Gasteiger partial charge in [-0.05, 0) is 36.6 Å². The summed E-state index contributed by atoms with van der Waals surface area (Å²) in [5.74, 6) is -2.11. The van der Waals surface area contributed by atoms with Crippen LogP contribution in [0.3, 0.4) is 0 Å². The van der Waals surface area contributed by atoms with Gasteiger partial charge in [-0.25, -0.2) is 14.2 Å². The SMILES string of the molecule is C/C(=N\NC(=O)Cc1cccs1)c1ccc(F)c(F)c1. The molecular formula is C14H12F2N2OS. The van der Waals surface area contributed by atoms with Crippen molar-refractivity contribution in [2.45, 2.75) is 13.3 Å². The van der Waals surface area contributed by atoms with E-state index in [1.807, 2.05) is 17.5 Å². The average Bonchev–Trinajstić information content (AvgIpc) is 2.92. The van der Waals surface area contributed by atoms with Crippen molar-refractivity contribution in [1.82, 2.24) is 5.43 Å². The molecule has 6 heteroatoms. The predicted molar refractivity (Wildman–Crippen MR) is 74.7 cm³/mol. The third-order valence-electron chi connectivity index (χ3n) is 2.60. The highest BCUT2D eigenvalue weighted by Crippen LogP contribution is 2.10. The van der Waals surface area contributed by atoms with Crippen LogP contribution in [0, 0.1) is 11.6 Å². The molecule has 2 rings (SSSR count). The topological polar surface area (TPSA) is 41.5 Å². The quantitative estimate of drug-likeness (QED) is 0.683. The second-order valence-electron chi connectivity index (χ2n) is 4.12. The first kappa shape index (κ1) is 14.3. The lowest BCUT2D eigenvalue weighted by atomic mass is 10.1. The number of hydrogen-bond donors (Lipinski definition) is 1. The molecule has 0 fully saturated rings. The lowest BCUT2D eigenvalue weighted by Gasteiger charge is -2.03. The zero-order valence-electron chi connectivity index (χ0n) is 10.7. The van der Waals surface area contributed by atoms with E-state index in [9.17, 15) is 13.6 Å².